The third-order valence-corrected chi connectivity index (χ3v) is 3.77. The molecule has 0 aliphatic rings. The average Bonchev–Trinajstić information content (AvgIpc) is 2.96. The lowest BCUT2D eigenvalue weighted by atomic mass is 9.90. The number of amides is 2. The molecule has 0 aromatic carbocycles. The summed E-state index contributed by atoms with van der Waals surface area (Å²) in [7, 11) is 0. The Hall–Kier alpha value is -2.34. The minimum absolute atomic E-state index is 0.0362. The zero-order valence-electron chi connectivity index (χ0n) is 13.5. The third-order valence-electron chi connectivity index (χ3n) is 3.34. The lowest BCUT2D eigenvalue weighted by Gasteiger charge is -2.27. The summed E-state index contributed by atoms with van der Waals surface area (Å²) in [5, 5.41) is 13.9. The Kier molecular flexibility index (Phi) is 6.97. The van der Waals surface area contributed by atoms with E-state index in [2.05, 4.69) is 26.6 Å². The van der Waals surface area contributed by atoms with Gasteiger partial charge in [-0.05, 0) is 40.9 Å². The van der Waals surface area contributed by atoms with E-state index in [1.165, 1.54) is 6.07 Å². The van der Waals surface area contributed by atoms with Gasteiger partial charge in [0.15, 0.2) is 17.0 Å². The van der Waals surface area contributed by atoms with Gasteiger partial charge in [-0.15, -0.1) is 0 Å². The maximum Gasteiger partial charge on any atom is 0.325 e. The number of carbonyl (C=O) groups excluding carboxylic acids is 3. The van der Waals surface area contributed by atoms with Crippen LogP contribution in [-0.2, 0) is 14.3 Å². The molecule has 1 rings (SSSR count). The van der Waals surface area contributed by atoms with Crippen LogP contribution in [-0.4, -0.2) is 36.5 Å². The van der Waals surface area contributed by atoms with Gasteiger partial charge in [0.25, 0.3) is 11.8 Å². The molecule has 0 aliphatic heterocycles. The van der Waals surface area contributed by atoms with Gasteiger partial charge in [-0.2, -0.15) is 5.26 Å². The molecule has 1 aromatic rings. The molecule has 2 amide bonds. The standard InChI is InChI=1S/C15H18BrN3O5/c1-9(2)15(3,8-17)19-12(20)7-23-13(21)6-18-14(22)10-4-5-11(16)24-10/h4-5,9H,6-7H2,1-3H3,(H,18,22)(H,19,20)/t15-/m0/s1. The first-order valence-electron chi connectivity index (χ1n) is 7.09. The van der Waals surface area contributed by atoms with Crippen molar-refractivity contribution in [2.45, 2.75) is 26.3 Å². The molecule has 2 N–H and O–H groups in total. The summed E-state index contributed by atoms with van der Waals surface area (Å²) in [4.78, 5) is 34.9. The van der Waals surface area contributed by atoms with Crippen LogP contribution < -0.4 is 10.6 Å². The van der Waals surface area contributed by atoms with Crippen molar-refractivity contribution in [3.63, 3.8) is 0 Å². The molecule has 1 atom stereocenters. The fourth-order valence-electron chi connectivity index (χ4n) is 1.50. The van der Waals surface area contributed by atoms with Gasteiger partial charge < -0.3 is 19.8 Å². The molecule has 9 heteroatoms. The Morgan fingerprint density at radius 1 is 1.42 bits per heavy atom. The highest BCUT2D eigenvalue weighted by Gasteiger charge is 2.30. The van der Waals surface area contributed by atoms with Crippen molar-refractivity contribution in [3.05, 3.63) is 22.6 Å². The molecule has 0 radical (unpaired) electrons. The summed E-state index contributed by atoms with van der Waals surface area (Å²) in [6, 6.07) is 4.99. The van der Waals surface area contributed by atoms with Crippen molar-refractivity contribution in [1.82, 2.24) is 10.6 Å². The Labute approximate surface area is 147 Å². The molecule has 0 saturated carbocycles. The quantitative estimate of drug-likeness (QED) is 0.667. The van der Waals surface area contributed by atoms with Crippen molar-refractivity contribution < 1.29 is 23.5 Å². The van der Waals surface area contributed by atoms with Crippen LogP contribution in [0.5, 0.6) is 0 Å². The van der Waals surface area contributed by atoms with E-state index in [1.54, 1.807) is 26.8 Å². The summed E-state index contributed by atoms with van der Waals surface area (Å²) >= 11 is 3.06. The summed E-state index contributed by atoms with van der Waals surface area (Å²) in [6.07, 6.45) is 0. The highest BCUT2D eigenvalue weighted by atomic mass is 79.9. The number of halogens is 1. The minimum Gasteiger partial charge on any atom is -0.454 e. The largest absolute Gasteiger partial charge is 0.454 e. The highest BCUT2D eigenvalue weighted by Crippen LogP contribution is 2.15. The zero-order valence-corrected chi connectivity index (χ0v) is 15.1. The van der Waals surface area contributed by atoms with Gasteiger partial charge in [0.1, 0.15) is 12.1 Å². The molecule has 1 heterocycles. The van der Waals surface area contributed by atoms with Crippen LogP contribution >= 0.6 is 15.9 Å². The van der Waals surface area contributed by atoms with E-state index in [9.17, 15) is 14.4 Å². The number of hydrogen-bond donors (Lipinski definition) is 2. The van der Waals surface area contributed by atoms with E-state index in [0.717, 1.165) is 0 Å². The summed E-state index contributed by atoms with van der Waals surface area (Å²) in [5.41, 5.74) is -1.05. The first-order chi connectivity index (χ1) is 11.2. The van der Waals surface area contributed by atoms with Crippen LogP contribution in [0.15, 0.2) is 21.2 Å². The number of carbonyl (C=O) groups is 3. The Morgan fingerprint density at radius 3 is 2.58 bits per heavy atom. The maximum absolute atomic E-state index is 11.7. The van der Waals surface area contributed by atoms with Crippen LogP contribution in [0, 0.1) is 17.2 Å². The van der Waals surface area contributed by atoms with E-state index in [1.807, 2.05) is 6.07 Å². The SMILES string of the molecule is CC(C)[C@](C)(C#N)NC(=O)COC(=O)CNC(=O)c1ccc(Br)o1. The second kappa shape index (κ2) is 8.49. The first kappa shape index (κ1) is 19.7. The van der Waals surface area contributed by atoms with Crippen LogP contribution in [0.2, 0.25) is 0 Å². The lowest BCUT2D eigenvalue weighted by Crippen LogP contribution is -2.50. The Bertz CT molecular complexity index is 664. The molecule has 130 valence electrons. The Balaban J connectivity index is 2.37. The molecule has 1 aromatic heterocycles. The van der Waals surface area contributed by atoms with Gasteiger partial charge in [0, 0.05) is 0 Å². The number of nitrogens with one attached hydrogen (secondary N) is 2. The second-order valence-corrected chi connectivity index (χ2v) is 6.25. The van der Waals surface area contributed by atoms with E-state index in [-0.39, 0.29) is 11.7 Å². The molecule has 0 fully saturated rings. The lowest BCUT2D eigenvalue weighted by molar-refractivity contribution is -0.147. The molecule has 8 nitrogen and oxygen atoms in total. The number of nitriles is 1. The number of rotatable bonds is 7. The number of esters is 1. The number of furan rings is 1. The van der Waals surface area contributed by atoms with Crippen molar-refractivity contribution in [3.8, 4) is 6.07 Å². The molecule has 0 unspecified atom stereocenters. The first-order valence-corrected chi connectivity index (χ1v) is 7.88. The predicted octanol–water partition coefficient (Wildman–Crippen LogP) is 1.37. The smallest absolute Gasteiger partial charge is 0.325 e. The molecular formula is C15H18BrN3O5. The molecular weight excluding hydrogens is 382 g/mol. The number of ether oxygens (including phenoxy) is 1. The summed E-state index contributed by atoms with van der Waals surface area (Å²) < 4.78 is 10.2. The van der Waals surface area contributed by atoms with Gasteiger partial charge in [0.2, 0.25) is 0 Å². The van der Waals surface area contributed by atoms with Crippen molar-refractivity contribution in [2.75, 3.05) is 13.2 Å². The number of nitrogens with zero attached hydrogens (tertiary/aromatic N) is 1. The highest BCUT2D eigenvalue weighted by molar-refractivity contribution is 9.10. The van der Waals surface area contributed by atoms with Crippen molar-refractivity contribution >= 4 is 33.7 Å². The normalized spacial score (nSPS) is 12.8. The second-order valence-electron chi connectivity index (χ2n) is 5.46. The van der Waals surface area contributed by atoms with Gasteiger partial charge in [-0.1, -0.05) is 13.8 Å². The molecule has 0 spiro atoms. The summed E-state index contributed by atoms with van der Waals surface area (Å²) in [5.74, 6) is -2.04. The monoisotopic (exact) mass is 399 g/mol. The van der Waals surface area contributed by atoms with E-state index < -0.39 is 36.5 Å². The predicted molar refractivity (Wildman–Crippen MR) is 86.7 cm³/mol. The van der Waals surface area contributed by atoms with Gasteiger partial charge in [-0.3, -0.25) is 14.4 Å². The zero-order chi connectivity index (χ0) is 18.3. The van der Waals surface area contributed by atoms with E-state index >= 15 is 0 Å². The maximum atomic E-state index is 11.7. The molecule has 0 bridgehead atoms. The van der Waals surface area contributed by atoms with Gasteiger partial charge in [0.05, 0.1) is 6.07 Å². The van der Waals surface area contributed by atoms with Crippen LogP contribution in [0.4, 0.5) is 0 Å². The minimum atomic E-state index is -1.05. The molecule has 0 saturated heterocycles. The molecule has 0 aliphatic carbocycles. The van der Waals surface area contributed by atoms with Gasteiger partial charge >= 0.3 is 5.97 Å². The van der Waals surface area contributed by atoms with Crippen LogP contribution in [0.25, 0.3) is 0 Å². The third kappa shape index (κ3) is 5.70. The average molecular weight is 400 g/mol. The van der Waals surface area contributed by atoms with Crippen molar-refractivity contribution in [2.24, 2.45) is 5.92 Å². The van der Waals surface area contributed by atoms with Gasteiger partial charge in [-0.25, -0.2) is 0 Å². The topological polar surface area (TPSA) is 121 Å². The fraction of sp³-hybridized carbons (Fsp3) is 0.467. The van der Waals surface area contributed by atoms with E-state index in [4.69, 9.17) is 14.4 Å². The summed E-state index contributed by atoms with van der Waals surface area (Å²) in [6.45, 7) is 4.21. The van der Waals surface area contributed by atoms with Crippen LogP contribution in [0.1, 0.15) is 31.3 Å². The van der Waals surface area contributed by atoms with E-state index in [0.29, 0.717) is 4.67 Å². The molecule has 24 heavy (non-hydrogen) atoms. The Morgan fingerprint density at radius 2 is 2.08 bits per heavy atom. The number of hydrogen-bond acceptors (Lipinski definition) is 6. The fourth-order valence-corrected chi connectivity index (χ4v) is 1.81. The van der Waals surface area contributed by atoms with Crippen LogP contribution in [0.3, 0.4) is 0 Å². The van der Waals surface area contributed by atoms with Crippen molar-refractivity contribution in [1.29, 1.82) is 5.26 Å².